The van der Waals surface area contributed by atoms with E-state index in [9.17, 15) is 4.79 Å². The van der Waals surface area contributed by atoms with Gasteiger partial charge in [0.05, 0.1) is 17.1 Å². The Morgan fingerprint density at radius 2 is 1.72 bits per heavy atom. The van der Waals surface area contributed by atoms with E-state index < -0.39 is 0 Å². The van der Waals surface area contributed by atoms with E-state index in [1.54, 1.807) is 11.3 Å². The van der Waals surface area contributed by atoms with Crippen LogP contribution in [0.2, 0.25) is 0 Å². The SMILES string of the molecule is Cc1ccc(-c2ccsc2C(=O)N2CCC(CN3CC(C)OC(C)C3)CC2)cc1. The van der Waals surface area contributed by atoms with E-state index in [1.165, 1.54) is 5.56 Å². The Bertz CT molecular complexity index is 814. The van der Waals surface area contributed by atoms with Crippen molar-refractivity contribution in [2.24, 2.45) is 5.92 Å². The number of rotatable bonds is 4. The lowest BCUT2D eigenvalue weighted by Gasteiger charge is -2.39. The third kappa shape index (κ3) is 4.90. The highest BCUT2D eigenvalue weighted by molar-refractivity contribution is 7.12. The second-order valence-electron chi connectivity index (χ2n) is 8.74. The van der Waals surface area contributed by atoms with Gasteiger partial charge < -0.3 is 9.64 Å². The normalized spacial score (nSPS) is 24.0. The molecule has 0 bridgehead atoms. The number of thiophene rings is 1. The summed E-state index contributed by atoms with van der Waals surface area (Å²) in [5.41, 5.74) is 3.44. The van der Waals surface area contributed by atoms with Gasteiger partial charge in [-0.15, -0.1) is 11.3 Å². The summed E-state index contributed by atoms with van der Waals surface area (Å²) in [5, 5.41) is 2.04. The number of piperidine rings is 1. The van der Waals surface area contributed by atoms with E-state index in [2.05, 4.69) is 60.9 Å². The molecule has 2 unspecified atom stereocenters. The summed E-state index contributed by atoms with van der Waals surface area (Å²) in [6, 6.07) is 10.5. The van der Waals surface area contributed by atoms with Gasteiger partial charge in [-0.2, -0.15) is 0 Å². The Morgan fingerprint density at radius 1 is 1.07 bits per heavy atom. The summed E-state index contributed by atoms with van der Waals surface area (Å²) in [6.45, 7) is 11.3. The van der Waals surface area contributed by atoms with Gasteiger partial charge in [-0.1, -0.05) is 29.8 Å². The van der Waals surface area contributed by atoms with Crippen LogP contribution in [0, 0.1) is 12.8 Å². The molecule has 2 fully saturated rings. The zero-order valence-electron chi connectivity index (χ0n) is 17.8. The first-order valence-electron chi connectivity index (χ1n) is 10.8. The fourth-order valence-electron chi connectivity index (χ4n) is 4.70. The van der Waals surface area contributed by atoms with Gasteiger partial charge in [0.15, 0.2) is 0 Å². The summed E-state index contributed by atoms with van der Waals surface area (Å²) < 4.78 is 5.86. The van der Waals surface area contributed by atoms with Crippen LogP contribution in [0.5, 0.6) is 0 Å². The van der Waals surface area contributed by atoms with Crippen LogP contribution in [0.3, 0.4) is 0 Å². The van der Waals surface area contributed by atoms with Crippen LogP contribution in [0.15, 0.2) is 35.7 Å². The highest BCUT2D eigenvalue weighted by atomic mass is 32.1. The van der Waals surface area contributed by atoms with Gasteiger partial charge in [-0.05, 0) is 56.5 Å². The molecule has 0 radical (unpaired) electrons. The van der Waals surface area contributed by atoms with Crippen molar-refractivity contribution < 1.29 is 9.53 Å². The monoisotopic (exact) mass is 412 g/mol. The van der Waals surface area contributed by atoms with Crippen molar-refractivity contribution in [2.75, 3.05) is 32.7 Å². The van der Waals surface area contributed by atoms with Gasteiger partial charge in [0, 0.05) is 38.3 Å². The summed E-state index contributed by atoms with van der Waals surface area (Å²) in [5.74, 6) is 0.874. The molecular formula is C24H32N2O2S. The molecule has 0 saturated carbocycles. The summed E-state index contributed by atoms with van der Waals surface area (Å²) in [6.07, 6.45) is 2.83. The first-order valence-corrected chi connectivity index (χ1v) is 11.7. The molecule has 5 heteroatoms. The Hall–Kier alpha value is -1.69. The van der Waals surface area contributed by atoms with E-state index in [4.69, 9.17) is 4.74 Å². The van der Waals surface area contributed by atoms with Crippen molar-refractivity contribution in [2.45, 2.75) is 45.8 Å². The molecule has 2 aliphatic heterocycles. The number of carbonyl (C=O) groups excluding carboxylic acids is 1. The molecule has 2 aliphatic rings. The third-order valence-electron chi connectivity index (χ3n) is 6.14. The zero-order chi connectivity index (χ0) is 20.4. The molecule has 2 atom stereocenters. The van der Waals surface area contributed by atoms with Crippen LogP contribution < -0.4 is 0 Å². The largest absolute Gasteiger partial charge is 0.373 e. The number of hydrogen-bond acceptors (Lipinski definition) is 4. The average molecular weight is 413 g/mol. The second-order valence-corrected chi connectivity index (χ2v) is 9.66. The number of morpholine rings is 1. The molecule has 0 spiro atoms. The minimum Gasteiger partial charge on any atom is -0.373 e. The highest BCUT2D eigenvalue weighted by Crippen LogP contribution is 2.31. The topological polar surface area (TPSA) is 32.8 Å². The number of hydrogen-bond donors (Lipinski definition) is 0. The summed E-state index contributed by atoms with van der Waals surface area (Å²) in [4.78, 5) is 18.7. The van der Waals surface area contributed by atoms with Crippen LogP contribution in [0.1, 0.15) is 41.9 Å². The van der Waals surface area contributed by atoms with Crippen molar-refractivity contribution >= 4 is 17.2 Å². The molecule has 0 N–H and O–H groups in total. The number of nitrogens with zero attached hydrogens (tertiary/aromatic N) is 2. The Morgan fingerprint density at radius 3 is 2.38 bits per heavy atom. The number of aryl methyl sites for hydroxylation is 1. The van der Waals surface area contributed by atoms with Crippen molar-refractivity contribution in [1.29, 1.82) is 0 Å². The van der Waals surface area contributed by atoms with Crippen molar-refractivity contribution in [3.8, 4) is 11.1 Å². The molecule has 1 aromatic carbocycles. The number of benzene rings is 1. The lowest BCUT2D eigenvalue weighted by molar-refractivity contribution is -0.0728. The molecule has 4 nitrogen and oxygen atoms in total. The molecule has 1 amide bonds. The standard InChI is InChI=1S/C24H32N2O2S/c1-17-4-6-21(7-5-17)22-10-13-29-23(22)24(27)26-11-8-20(9-12-26)16-25-14-18(2)28-19(3)15-25/h4-7,10,13,18-20H,8-9,11-12,14-16H2,1-3H3. The van der Waals surface area contributed by atoms with Crippen molar-refractivity contribution in [3.05, 3.63) is 46.2 Å². The maximum atomic E-state index is 13.2. The van der Waals surface area contributed by atoms with Gasteiger partial charge in [0.1, 0.15) is 0 Å². The van der Waals surface area contributed by atoms with Crippen LogP contribution >= 0.6 is 11.3 Å². The number of likely N-dealkylation sites (tertiary alicyclic amines) is 1. The lowest BCUT2D eigenvalue weighted by Crippen LogP contribution is -2.48. The number of carbonyl (C=O) groups is 1. The molecule has 4 rings (SSSR count). The van der Waals surface area contributed by atoms with Crippen molar-refractivity contribution in [1.82, 2.24) is 9.80 Å². The fraction of sp³-hybridized carbons (Fsp3) is 0.542. The highest BCUT2D eigenvalue weighted by Gasteiger charge is 2.29. The number of ether oxygens (including phenoxy) is 1. The molecule has 2 aromatic rings. The Balaban J connectivity index is 1.35. The van der Waals surface area contributed by atoms with E-state index in [0.717, 1.165) is 61.6 Å². The molecule has 1 aromatic heterocycles. The molecule has 156 valence electrons. The van der Waals surface area contributed by atoms with Crippen LogP contribution in [-0.2, 0) is 4.74 Å². The van der Waals surface area contributed by atoms with Crippen molar-refractivity contribution in [3.63, 3.8) is 0 Å². The molecule has 3 heterocycles. The van der Waals surface area contributed by atoms with Gasteiger partial charge in [0.2, 0.25) is 0 Å². The Kier molecular flexibility index (Phi) is 6.38. The molecule has 0 aliphatic carbocycles. The van der Waals surface area contributed by atoms with Gasteiger partial charge in [-0.25, -0.2) is 0 Å². The average Bonchev–Trinajstić information content (AvgIpc) is 3.17. The quantitative estimate of drug-likeness (QED) is 0.731. The van der Waals surface area contributed by atoms with E-state index in [-0.39, 0.29) is 5.91 Å². The summed E-state index contributed by atoms with van der Waals surface area (Å²) in [7, 11) is 0. The smallest absolute Gasteiger partial charge is 0.264 e. The Labute approximate surface area is 178 Å². The van der Waals surface area contributed by atoms with E-state index in [0.29, 0.717) is 18.1 Å². The van der Waals surface area contributed by atoms with E-state index >= 15 is 0 Å². The first kappa shape index (κ1) is 20.6. The first-order chi connectivity index (χ1) is 14.0. The van der Waals surface area contributed by atoms with Gasteiger partial charge in [-0.3, -0.25) is 9.69 Å². The minimum atomic E-state index is 0.197. The van der Waals surface area contributed by atoms with Gasteiger partial charge >= 0.3 is 0 Å². The van der Waals surface area contributed by atoms with Crippen LogP contribution in [0.25, 0.3) is 11.1 Å². The lowest BCUT2D eigenvalue weighted by atomic mass is 9.95. The zero-order valence-corrected chi connectivity index (χ0v) is 18.6. The predicted octanol–water partition coefficient (Wildman–Crippen LogP) is 4.68. The van der Waals surface area contributed by atoms with Crippen LogP contribution in [0.4, 0.5) is 0 Å². The second kappa shape index (κ2) is 8.99. The predicted molar refractivity (Wildman–Crippen MR) is 120 cm³/mol. The van der Waals surface area contributed by atoms with Gasteiger partial charge in [0.25, 0.3) is 5.91 Å². The van der Waals surface area contributed by atoms with E-state index in [1.807, 2.05) is 5.38 Å². The van der Waals surface area contributed by atoms with Crippen LogP contribution in [-0.4, -0.2) is 60.6 Å². The molecular weight excluding hydrogens is 380 g/mol. The third-order valence-corrected chi connectivity index (χ3v) is 7.04. The maximum Gasteiger partial charge on any atom is 0.264 e. The summed E-state index contributed by atoms with van der Waals surface area (Å²) >= 11 is 1.57. The maximum absolute atomic E-state index is 13.2. The fourth-order valence-corrected chi connectivity index (χ4v) is 5.58. The number of amides is 1. The minimum absolute atomic E-state index is 0.197. The molecule has 29 heavy (non-hydrogen) atoms. The molecule has 2 saturated heterocycles.